The van der Waals surface area contributed by atoms with Gasteiger partial charge < -0.3 is 5.73 Å². The number of ketones is 1. The average molecular weight is 489 g/mol. The number of halogens is 2. The number of carbonyl (C=O) groups is 1. The molecule has 0 spiro atoms. The highest BCUT2D eigenvalue weighted by atomic mass is 79.9. The van der Waals surface area contributed by atoms with Gasteiger partial charge in [0.05, 0.1) is 32.3 Å². The Labute approximate surface area is 183 Å². The lowest BCUT2D eigenvalue weighted by Gasteiger charge is -2.38. The summed E-state index contributed by atoms with van der Waals surface area (Å²) in [6.07, 6.45) is 1.33. The van der Waals surface area contributed by atoms with Crippen LogP contribution in [0.1, 0.15) is 30.1 Å². The number of thiophene rings is 1. The summed E-state index contributed by atoms with van der Waals surface area (Å²) in [6.45, 7) is 0. The predicted octanol–water partition coefficient (Wildman–Crippen LogP) is 4.86. The monoisotopic (exact) mass is 488 g/mol. The molecular formula is C20H14BrFN4O3S. The fourth-order valence-corrected chi connectivity index (χ4v) is 5.51. The van der Waals surface area contributed by atoms with Crippen LogP contribution in [0.4, 0.5) is 15.8 Å². The molecule has 2 aromatic rings. The van der Waals surface area contributed by atoms with Crippen LogP contribution in [0.5, 0.6) is 0 Å². The molecule has 1 atom stereocenters. The predicted molar refractivity (Wildman–Crippen MR) is 113 cm³/mol. The van der Waals surface area contributed by atoms with Crippen LogP contribution in [-0.4, -0.2) is 10.7 Å². The Hall–Kier alpha value is -3.03. The Bertz CT molecular complexity index is 1200. The van der Waals surface area contributed by atoms with Crippen molar-refractivity contribution >= 4 is 44.4 Å². The lowest BCUT2D eigenvalue weighted by molar-refractivity contribution is -0.384. The average Bonchev–Trinajstić information content (AvgIpc) is 3.13. The van der Waals surface area contributed by atoms with Crippen LogP contribution in [0.3, 0.4) is 0 Å². The standard InChI is InChI=1S/C20H14BrFN4O3S/c21-17-7-6-16(30-17)18-11(9-23)20(24)25(13-2-1-3-15(27)19(13)18)12-5-4-10(22)8-14(12)26(28)29/h4-8,18H,1-3,24H2. The van der Waals surface area contributed by atoms with Gasteiger partial charge in [0.25, 0.3) is 5.69 Å². The number of allylic oxidation sites excluding steroid dienone is 3. The number of benzene rings is 1. The summed E-state index contributed by atoms with van der Waals surface area (Å²) in [6, 6.07) is 8.91. The van der Waals surface area contributed by atoms with E-state index in [-0.39, 0.29) is 22.9 Å². The first kappa shape index (κ1) is 20.3. The van der Waals surface area contributed by atoms with Crippen molar-refractivity contribution in [1.29, 1.82) is 5.26 Å². The van der Waals surface area contributed by atoms with Gasteiger partial charge in [0.1, 0.15) is 17.3 Å². The molecule has 0 saturated carbocycles. The number of rotatable bonds is 3. The smallest absolute Gasteiger partial charge is 0.296 e. The van der Waals surface area contributed by atoms with Gasteiger partial charge in [-0.3, -0.25) is 19.8 Å². The second-order valence-corrected chi connectivity index (χ2v) is 9.34. The van der Waals surface area contributed by atoms with Crippen LogP contribution in [-0.2, 0) is 4.79 Å². The van der Waals surface area contributed by atoms with Gasteiger partial charge >= 0.3 is 0 Å². The number of nitrogens with two attached hydrogens (primary N) is 1. The minimum absolute atomic E-state index is 0.00943. The van der Waals surface area contributed by atoms with E-state index in [0.29, 0.717) is 30.5 Å². The Balaban J connectivity index is 2.01. The summed E-state index contributed by atoms with van der Waals surface area (Å²) in [5.74, 6) is -1.51. The molecule has 0 saturated heterocycles. The summed E-state index contributed by atoms with van der Waals surface area (Å²) >= 11 is 4.80. The molecule has 2 N–H and O–H groups in total. The maximum absolute atomic E-state index is 13.7. The molecule has 1 aliphatic heterocycles. The number of nitrogens with zero attached hydrogens (tertiary/aromatic N) is 3. The Kier molecular flexibility index (Phi) is 5.17. The van der Waals surface area contributed by atoms with Gasteiger partial charge in [-0.05, 0) is 53.0 Å². The highest BCUT2D eigenvalue weighted by Gasteiger charge is 2.42. The fourth-order valence-electron chi connectivity index (χ4n) is 3.96. The van der Waals surface area contributed by atoms with Crippen LogP contribution < -0.4 is 10.6 Å². The van der Waals surface area contributed by atoms with E-state index in [1.165, 1.54) is 22.3 Å². The Morgan fingerprint density at radius 3 is 2.73 bits per heavy atom. The maximum Gasteiger partial charge on any atom is 0.296 e. The molecule has 30 heavy (non-hydrogen) atoms. The van der Waals surface area contributed by atoms with Crippen molar-refractivity contribution in [2.75, 3.05) is 4.90 Å². The molecule has 1 unspecified atom stereocenters. The molecule has 0 radical (unpaired) electrons. The van der Waals surface area contributed by atoms with E-state index in [1.54, 1.807) is 0 Å². The number of carbonyl (C=O) groups excluding carboxylic acids is 1. The summed E-state index contributed by atoms with van der Waals surface area (Å²) in [5, 5.41) is 21.5. The second-order valence-electron chi connectivity index (χ2n) is 6.85. The van der Waals surface area contributed by atoms with Crippen molar-refractivity contribution in [1.82, 2.24) is 0 Å². The summed E-state index contributed by atoms with van der Waals surface area (Å²) in [7, 11) is 0. The number of hydrogen-bond acceptors (Lipinski definition) is 7. The lowest BCUT2D eigenvalue weighted by atomic mass is 9.78. The Morgan fingerprint density at radius 1 is 1.33 bits per heavy atom. The molecule has 152 valence electrons. The molecule has 0 amide bonds. The number of anilines is 1. The van der Waals surface area contributed by atoms with Crippen molar-refractivity contribution in [2.24, 2.45) is 5.73 Å². The first-order valence-corrected chi connectivity index (χ1v) is 10.6. The van der Waals surface area contributed by atoms with Crippen molar-refractivity contribution < 1.29 is 14.1 Å². The van der Waals surface area contributed by atoms with E-state index in [2.05, 4.69) is 22.0 Å². The molecule has 4 rings (SSSR count). The molecule has 1 aliphatic carbocycles. The second kappa shape index (κ2) is 7.66. The van der Waals surface area contributed by atoms with Crippen LogP contribution in [0.15, 0.2) is 56.8 Å². The van der Waals surface area contributed by atoms with E-state index >= 15 is 0 Å². The molecule has 0 fully saturated rings. The van der Waals surface area contributed by atoms with Gasteiger partial charge in [-0.2, -0.15) is 5.26 Å². The van der Waals surface area contributed by atoms with Gasteiger partial charge in [-0.25, -0.2) is 4.39 Å². The quantitative estimate of drug-likeness (QED) is 0.487. The third kappa shape index (κ3) is 3.20. The van der Waals surface area contributed by atoms with Crippen LogP contribution >= 0.6 is 27.3 Å². The normalized spacial score (nSPS) is 19.0. The summed E-state index contributed by atoms with van der Waals surface area (Å²) in [4.78, 5) is 26.0. The third-order valence-corrected chi connectivity index (χ3v) is 6.86. The van der Waals surface area contributed by atoms with Gasteiger partial charge in [-0.15, -0.1) is 11.3 Å². The largest absolute Gasteiger partial charge is 0.384 e. The number of Topliss-reactive ketones (excluding diaryl/α,β-unsaturated/α-hetero) is 1. The van der Waals surface area contributed by atoms with Crippen molar-refractivity contribution in [3.8, 4) is 6.07 Å². The molecule has 2 aliphatic rings. The maximum atomic E-state index is 13.7. The Morgan fingerprint density at radius 2 is 2.10 bits per heavy atom. The summed E-state index contributed by atoms with van der Waals surface area (Å²) < 4.78 is 14.6. The lowest BCUT2D eigenvalue weighted by Crippen LogP contribution is -2.38. The number of hydrogen-bond donors (Lipinski definition) is 1. The van der Waals surface area contributed by atoms with Crippen molar-refractivity contribution in [3.05, 3.63) is 77.6 Å². The highest BCUT2D eigenvalue weighted by Crippen LogP contribution is 2.49. The van der Waals surface area contributed by atoms with Crippen molar-refractivity contribution in [2.45, 2.75) is 25.2 Å². The van der Waals surface area contributed by atoms with Gasteiger partial charge in [0.15, 0.2) is 5.78 Å². The highest BCUT2D eigenvalue weighted by molar-refractivity contribution is 9.11. The van der Waals surface area contributed by atoms with E-state index in [0.717, 1.165) is 20.8 Å². The van der Waals surface area contributed by atoms with Crippen molar-refractivity contribution in [3.63, 3.8) is 0 Å². The topological polar surface area (TPSA) is 113 Å². The van der Waals surface area contributed by atoms with E-state index < -0.39 is 22.3 Å². The molecule has 2 heterocycles. The molecular weight excluding hydrogens is 475 g/mol. The molecule has 0 bridgehead atoms. The van der Waals surface area contributed by atoms with Gasteiger partial charge in [0, 0.05) is 22.6 Å². The van der Waals surface area contributed by atoms with Crippen LogP contribution in [0.25, 0.3) is 0 Å². The zero-order valence-corrected chi connectivity index (χ0v) is 17.8. The number of nitro benzene ring substituents is 1. The zero-order chi connectivity index (χ0) is 21.6. The zero-order valence-electron chi connectivity index (χ0n) is 15.4. The SMILES string of the molecule is N#CC1=C(N)N(c2ccc(F)cc2[N+](=O)[O-])C2=C(C(=O)CCC2)C1c1ccc(Br)s1. The third-order valence-electron chi connectivity index (χ3n) is 5.17. The fraction of sp³-hybridized carbons (Fsp3) is 0.200. The molecule has 10 heteroatoms. The van der Waals surface area contributed by atoms with Crippen LogP contribution in [0, 0.1) is 27.3 Å². The molecule has 1 aromatic carbocycles. The molecule has 1 aromatic heterocycles. The van der Waals surface area contributed by atoms with E-state index in [4.69, 9.17) is 5.73 Å². The summed E-state index contributed by atoms with van der Waals surface area (Å²) in [5.41, 5.74) is 6.99. The van der Waals surface area contributed by atoms with Gasteiger partial charge in [-0.1, -0.05) is 0 Å². The van der Waals surface area contributed by atoms with E-state index in [9.17, 15) is 24.6 Å². The number of nitro groups is 1. The minimum atomic E-state index is -0.763. The first-order valence-electron chi connectivity index (χ1n) is 8.98. The van der Waals surface area contributed by atoms with Crippen LogP contribution in [0.2, 0.25) is 0 Å². The number of nitriles is 1. The van der Waals surface area contributed by atoms with E-state index in [1.807, 2.05) is 12.1 Å². The van der Waals surface area contributed by atoms with Gasteiger partial charge in [0.2, 0.25) is 0 Å². The molecule has 7 nitrogen and oxygen atoms in total. The minimum Gasteiger partial charge on any atom is -0.384 e. The first-order chi connectivity index (χ1) is 14.3.